The van der Waals surface area contributed by atoms with Crippen molar-refractivity contribution in [1.82, 2.24) is 9.97 Å². The second-order valence-electron chi connectivity index (χ2n) is 12.3. The van der Waals surface area contributed by atoms with Crippen LogP contribution in [0, 0.1) is 47.5 Å². The monoisotopic (exact) mass is 550 g/mol. The maximum Gasteiger partial charge on any atom is 0.239 e. The Morgan fingerprint density at radius 3 is 1.90 bits per heavy atom. The molecule has 212 valence electrons. The molecule has 1 aliphatic rings. The van der Waals surface area contributed by atoms with Crippen molar-refractivity contribution in [2.24, 2.45) is 5.92 Å². The Kier molecular flexibility index (Phi) is 8.24. The van der Waals surface area contributed by atoms with Gasteiger partial charge in [0.15, 0.2) is 0 Å². The predicted octanol–water partition coefficient (Wildman–Crippen LogP) is 8.62. The number of hydrogen-bond acceptors (Lipinski definition) is 2. The molecule has 0 saturated carbocycles. The van der Waals surface area contributed by atoms with Crippen LogP contribution in [0.15, 0.2) is 84.4 Å². The van der Waals surface area contributed by atoms with Crippen molar-refractivity contribution < 1.29 is 0 Å². The third-order valence-electron chi connectivity index (χ3n) is 9.49. The van der Waals surface area contributed by atoms with E-state index in [1.165, 1.54) is 88.8 Å². The molecule has 0 saturated heterocycles. The summed E-state index contributed by atoms with van der Waals surface area (Å²) in [7, 11) is 0. The van der Waals surface area contributed by atoms with Crippen molar-refractivity contribution in [2.45, 2.75) is 68.7 Å². The molecule has 0 radical (unpaired) electrons. The Balaban J connectivity index is 1.92. The van der Waals surface area contributed by atoms with Gasteiger partial charge in [-0.2, -0.15) is 0 Å². The molecule has 1 atom stereocenters. The van der Waals surface area contributed by atoms with Gasteiger partial charge in [-0.05, 0) is 119 Å². The standard InChI is InChI=1S/C39H43BN2/c1-11-34-23(2)18-26(5)37(29(34)8)40(38-27(6)19-24(3)35(30(38)9)32-14-12-16-41-21-32)39-28(7)20-25(4)36(31(39)10)33-15-13-17-42-22-33/h11-19,21-22,28H,1,20H2,2-10H3. The van der Waals surface area contributed by atoms with Crippen molar-refractivity contribution in [3.63, 3.8) is 0 Å². The average Bonchev–Trinajstić information content (AvgIpc) is 2.93. The Morgan fingerprint density at radius 1 is 0.762 bits per heavy atom. The van der Waals surface area contributed by atoms with Gasteiger partial charge in [-0.15, -0.1) is 0 Å². The zero-order valence-electron chi connectivity index (χ0n) is 26.8. The van der Waals surface area contributed by atoms with Crippen molar-refractivity contribution in [3.8, 4) is 11.1 Å². The minimum absolute atomic E-state index is 0.107. The van der Waals surface area contributed by atoms with Crippen LogP contribution in [0.4, 0.5) is 0 Å². The molecule has 0 bridgehead atoms. The first-order valence-electron chi connectivity index (χ1n) is 15.1. The molecular weight excluding hydrogens is 507 g/mol. The van der Waals surface area contributed by atoms with E-state index in [4.69, 9.17) is 0 Å². The summed E-state index contributed by atoms with van der Waals surface area (Å²) in [5, 5.41) is 0. The number of rotatable bonds is 6. The molecule has 3 heteroatoms. The second-order valence-corrected chi connectivity index (χ2v) is 12.3. The van der Waals surface area contributed by atoms with Gasteiger partial charge in [-0.25, -0.2) is 0 Å². The fourth-order valence-corrected chi connectivity index (χ4v) is 8.01. The molecule has 5 rings (SSSR count). The summed E-state index contributed by atoms with van der Waals surface area (Å²) in [6.07, 6.45) is 10.8. The molecule has 0 fully saturated rings. The van der Waals surface area contributed by atoms with Crippen LogP contribution in [0.3, 0.4) is 0 Å². The first kappa shape index (κ1) is 29.5. The number of hydrogen-bond donors (Lipinski definition) is 0. The molecule has 2 aromatic carbocycles. The lowest BCUT2D eigenvalue weighted by atomic mass is 9.30. The molecule has 2 heterocycles. The van der Waals surface area contributed by atoms with Gasteiger partial charge in [0, 0.05) is 35.9 Å². The van der Waals surface area contributed by atoms with E-state index < -0.39 is 0 Å². The van der Waals surface area contributed by atoms with E-state index in [0.29, 0.717) is 5.92 Å². The topological polar surface area (TPSA) is 25.8 Å². The smallest absolute Gasteiger partial charge is 0.239 e. The molecule has 0 N–H and O–H groups in total. The van der Waals surface area contributed by atoms with Crippen molar-refractivity contribution in [3.05, 3.63) is 129 Å². The van der Waals surface area contributed by atoms with Crippen LogP contribution >= 0.6 is 0 Å². The highest BCUT2D eigenvalue weighted by Crippen LogP contribution is 2.41. The molecule has 2 nitrogen and oxygen atoms in total. The van der Waals surface area contributed by atoms with E-state index in [-0.39, 0.29) is 6.71 Å². The molecule has 1 unspecified atom stereocenters. The van der Waals surface area contributed by atoms with E-state index in [2.05, 4.69) is 109 Å². The van der Waals surface area contributed by atoms with Crippen molar-refractivity contribution in [2.75, 3.05) is 0 Å². The lowest BCUT2D eigenvalue weighted by Gasteiger charge is -2.36. The normalized spacial score (nSPS) is 15.3. The Hall–Kier alpha value is -3.98. The minimum Gasteiger partial charge on any atom is -0.264 e. The summed E-state index contributed by atoms with van der Waals surface area (Å²) >= 11 is 0. The lowest BCUT2D eigenvalue weighted by Crippen LogP contribution is -2.51. The summed E-state index contributed by atoms with van der Waals surface area (Å²) in [5.41, 5.74) is 21.3. The summed E-state index contributed by atoms with van der Waals surface area (Å²) in [5.74, 6) is 0.393. The maximum atomic E-state index is 4.50. The highest BCUT2D eigenvalue weighted by Gasteiger charge is 2.37. The number of allylic oxidation sites excluding steroid dienone is 4. The van der Waals surface area contributed by atoms with Gasteiger partial charge in [-0.1, -0.05) is 82.5 Å². The number of benzene rings is 2. The molecule has 0 aliphatic heterocycles. The van der Waals surface area contributed by atoms with Crippen LogP contribution in [0.5, 0.6) is 0 Å². The van der Waals surface area contributed by atoms with Gasteiger partial charge in [-0.3, -0.25) is 9.97 Å². The second kappa shape index (κ2) is 11.7. The lowest BCUT2D eigenvalue weighted by molar-refractivity contribution is 0.686. The molecular formula is C39H43BN2. The van der Waals surface area contributed by atoms with E-state index in [1.54, 1.807) is 0 Å². The maximum absolute atomic E-state index is 4.50. The van der Waals surface area contributed by atoms with E-state index in [1.807, 2.05) is 36.9 Å². The third-order valence-corrected chi connectivity index (χ3v) is 9.49. The van der Waals surface area contributed by atoms with Crippen molar-refractivity contribution >= 4 is 29.3 Å². The van der Waals surface area contributed by atoms with Gasteiger partial charge in [0.05, 0.1) is 0 Å². The van der Waals surface area contributed by atoms with Crippen LogP contribution in [-0.2, 0) is 0 Å². The first-order chi connectivity index (χ1) is 20.1. The highest BCUT2D eigenvalue weighted by atomic mass is 14.6. The minimum atomic E-state index is 0.107. The third kappa shape index (κ3) is 5.00. The van der Waals surface area contributed by atoms with E-state index in [0.717, 1.165) is 6.42 Å². The fraction of sp³-hybridized carbons (Fsp3) is 0.282. The number of pyridine rings is 2. The molecule has 4 aromatic rings. The van der Waals surface area contributed by atoms with Crippen molar-refractivity contribution in [1.29, 1.82) is 0 Å². The van der Waals surface area contributed by atoms with Crippen LogP contribution in [0.25, 0.3) is 22.8 Å². The number of aryl methyl sites for hydroxylation is 4. The van der Waals surface area contributed by atoms with Gasteiger partial charge >= 0.3 is 0 Å². The largest absolute Gasteiger partial charge is 0.264 e. The Labute approximate surface area is 253 Å². The molecule has 42 heavy (non-hydrogen) atoms. The summed E-state index contributed by atoms with van der Waals surface area (Å²) in [4.78, 5) is 9.00. The SMILES string of the molecule is C=Cc1c(C)cc(C)c(B(C2=C(C)C(c3cccnc3)=C(C)CC2C)c2c(C)cc(C)c(-c3cccnc3)c2C)c1C. The van der Waals surface area contributed by atoms with Gasteiger partial charge in [0.1, 0.15) is 0 Å². The van der Waals surface area contributed by atoms with Crippen LogP contribution < -0.4 is 10.9 Å². The van der Waals surface area contributed by atoms with Crippen LogP contribution in [0.2, 0.25) is 0 Å². The first-order valence-corrected chi connectivity index (χ1v) is 15.1. The van der Waals surface area contributed by atoms with Gasteiger partial charge in [0.25, 0.3) is 0 Å². The molecule has 2 aromatic heterocycles. The Bertz CT molecular complexity index is 1740. The van der Waals surface area contributed by atoms with Gasteiger partial charge in [0.2, 0.25) is 6.71 Å². The summed E-state index contributed by atoms with van der Waals surface area (Å²) < 4.78 is 0. The Morgan fingerprint density at radius 2 is 1.33 bits per heavy atom. The highest BCUT2D eigenvalue weighted by molar-refractivity contribution is 6.92. The zero-order chi connectivity index (χ0) is 30.3. The van der Waals surface area contributed by atoms with Crippen LogP contribution in [-0.4, -0.2) is 16.7 Å². The average molecular weight is 551 g/mol. The molecule has 0 amide bonds. The molecule has 1 aliphatic carbocycles. The quantitative estimate of drug-likeness (QED) is 0.225. The summed E-state index contributed by atoms with van der Waals surface area (Å²) in [6, 6.07) is 13.2. The van der Waals surface area contributed by atoms with E-state index in [9.17, 15) is 0 Å². The van der Waals surface area contributed by atoms with Crippen LogP contribution in [0.1, 0.15) is 71.7 Å². The molecule has 0 spiro atoms. The predicted molar refractivity (Wildman–Crippen MR) is 183 cm³/mol. The fourth-order valence-electron chi connectivity index (χ4n) is 8.01. The number of nitrogens with zero attached hydrogens (tertiary/aromatic N) is 2. The van der Waals surface area contributed by atoms with Gasteiger partial charge < -0.3 is 0 Å². The number of aromatic nitrogens is 2. The zero-order valence-corrected chi connectivity index (χ0v) is 26.8. The summed E-state index contributed by atoms with van der Waals surface area (Å²) in [6.45, 7) is 25.1. The van der Waals surface area contributed by atoms with E-state index >= 15 is 0 Å².